The van der Waals surface area contributed by atoms with E-state index >= 15 is 0 Å². The lowest BCUT2D eigenvalue weighted by Gasteiger charge is -2.30. The van der Waals surface area contributed by atoms with Gasteiger partial charge in [0.2, 0.25) is 0 Å². The second-order valence-corrected chi connectivity index (χ2v) is 4.64. The molecule has 0 heterocycles. The van der Waals surface area contributed by atoms with Crippen LogP contribution in [-0.2, 0) is 0 Å². The van der Waals surface area contributed by atoms with E-state index in [1.807, 2.05) is 20.8 Å². The van der Waals surface area contributed by atoms with Crippen LogP contribution in [0.3, 0.4) is 0 Å². The summed E-state index contributed by atoms with van der Waals surface area (Å²) in [5.41, 5.74) is 5.59. The SMILES string of the molecule is CCC(C)N(CC)c1c(F)cc(C(N)=S)cc1F. The Kier molecular flexibility index (Phi) is 5.02. The fraction of sp³-hybridized carbons (Fsp3) is 0.462. The first-order chi connectivity index (χ1) is 8.42. The van der Waals surface area contributed by atoms with Gasteiger partial charge in [-0.05, 0) is 32.4 Å². The Balaban J connectivity index is 3.28. The number of rotatable bonds is 5. The van der Waals surface area contributed by atoms with E-state index in [1.165, 1.54) is 12.1 Å². The zero-order chi connectivity index (χ0) is 13.9. The molecule has 0 aliphatic carbocycles. The highest BCUT2D eigenvalue weighted by molar-refractivity contribution is 7.80. The van der Waals surface area contributed by atoms with Gasteiger partial charge in [0, 0.05) is 18.2 Å². The fourth-order valence-electron chi connectivity index (χ4n) is 1.89. The average Bonchev–Trinajstić information content (AvgIpc) is 2.32. The van der Waals surface area contributed by atoms with E-state index in [4.69, 9.17) is 18.0 Å². The topological polar surface area (TPSA) is 29.3 Å². The number of anilines is 1. The maximum absolute atomic E-state index is 14.0. The van der Waals surface area contributed by atoms with Gasteiger partial charge in [-0.15, -0.1) is 0 Å². The minimum atomic E-state index is -0.625. The van der Waals surface area contributed by atoms with Gasteiger partial charge in [0.1, 0.15) is 22.3 Å². The van der Waals surface area contributed by atoms with Gasteiger partial charge in [-0.3, -0.25) is 0 Å². The van der Waals surface area contributed by atoms with E-state index in [1.54, 1.807) is 4.90 Å². The molecule has 0 saturated carbocycles. The third-order valence-electron chi connectivity index (χ3n) is 3.05. The predicted molar refractivity (Wildman–Crippen MR) is 75.0 cm³/mol. The smallest absolute Gasteiger partial charge is 0.150 e. The largest absolute Gasteiger partial charge is 0.389 e. The zero-order valence-corrected chi connectivity index (χ0v) is 11.7. The molecule has 1 aromatic carbocycles. The molecule has 2 nitrogen and oxygen atoms in total. The average molecular weight is 272 g/mol. The first-order valence-electron chi connectivity index (χ1n) is 5.97. The standard InChI is InChI=1S/C13H18F2N2S/c1-4-8(3)17(5-2)12-10(14)6-9(13(16)18)7-11(12)15/h6-8H,4-5H2,1-3H3,(H2,16,18). The van der Waals surface area contributed by atoms with Crippen molar-refractivity contribution in [3.05, 3.63) is 29.3 Å². The molecule has 1 rings (SSSR count). The van der Waals surface area contributed by atoms with Crippen molar-refractivity contribution in [1.82, 2.24) is 0 Å². The van der Waals surface area contributed by atoms with Gasteiger partial charge in [-0.25, -0.2) is 8.78 Å². The number of thiocarbonyl (C=S) groups is 1. The van der Waals surface area contributed by atoms with E-state index in [2.05, 4.69) is 0 Å². The van der Waals surface area contributed by atoms with Crippen molar-refractivity contribution in [2.45, 2.75) is 33.2 Å². The van der Waals surface area contributed by atoms with E-state index in [0.29, 0.717) is 6.54 Å². The lowest BCUT2D eigenvalue weighted by atomic mass is 10.1. The Hall–Kier alpha value is -1.23. The van der Waals surface area contributed by atoms with Crippen molar-refractivity contribution >= 4 is 22.9 Å². The highest BCUT2D eigenvalue weighted by Crippen LogP contribution is 2.27. The Morgan fingerprint density at radius 2 is 1.83 bits per heavy atom. The Labute approximate surface area is 112 Å². The molecule has 5 heteroatoms. The van der Waals surface area contributed by atoms with Crippen LogP contribution in [0, 0.1) is 11.6 Å². The molecule has 0 fully saturated rings. The molecule has 0 saturated heterocycles. The second kappa shape index (κ2) is 6.09. The third kappa shape index (κ3) is 2.96. The monoisotopic (exact) mass is 272 g/mol. The first kappa shape index (κ1) is 14.8. The normalized spacial score (nSPS) is 12.3. The summed E-state index contributed by atoms with van der Waals surface area (Å²) in [6, 6.07) is 2.44. The summed E-state index contributed by atoms with van der Waals surface area (Å²) in [6.45, 7) is 6.32. The van der Waals surface area contributed by atoms with Crippen LogP contribution in [0.2, 0.25) is 0 Å². The van der Waals surface area contributed by atoms with E-state index in [0.717, 1.165) is 6.42 Å². The Bertz CT molecular complexity index is 426. The number of benzene rings is 1. The second-order valence-electron chi connectivity index (χ2n) is 4.20. The maximum Gasteiger partial charge on any atom is 0.150 e. The molecule has 18 heavy (non-hydrogen) atoms. The molecule has 2 N–H and O–H groups in total. The number of nitrogens with zero attached hydrogens (tertiary/aromatic N) is 1. The van der Waals surface area contributed by atoms with Crippen LogP contribution in [0.4, 0.5) is 14.5 Å². The van der Waals surface area contributed by atoms with E-state index < -0.39 is 11.6 Å². The van der Waals surface area contributed by atoms with Gasteiger partial charge in [0.25, 0.3) is 0 Å². The number of hydrogen-bond donors (Lipinski definition) is 1. The van der Waals surface area contributed by atoms with Gasteiger partial charge in [-0.2, -0.15) is 0 Å². The molecule has 0 radical (unpaired) electrons. The lowest BCUT2D eigenvalue weighted by molar-refractivity contribution is 0.545. The summed E-state index contributed by atoms with van der Waals surface area (Å²) in [7, 11) is 0. The Morgan fingerprint density at radius 1 is 1.33 bits per heavy atom. The number of nitrogens with two attached hydrogens (primary N) is 1. The van der Waals surface area contributed by atoms with Crippen LogP contribution >= 0.6 is 12.2 Å². The summed E-state index contributed by atoms with van der Waals surface area (Å²) in [5.74, 6) is -1.25. The van der Waals surface area contributed by atoms with Crippen molar-refractivity contribution in [2.75, 3.05) is 11.4 Å². The van der Waals surface area contributed by atoms with Gasteiger partial charge in [0.05, 0.1) is 0 Å². The minimum absolute atomic E-state index is 0.00755. The number of halogens is 2. The first-order valence-corrected chi connectivity index (χ1v) is 6.38. The van der Waals surface area contributed by atoms with Crippen LogP contribution < -0.4 is 10.6 Å². The summed E-state index contributed by atoms with van der Waals surface area (Å²) in [4.78, 5) is 1.69. The molecule has 0 spiro atoms. The van der Waals surface area contributed by atoms with Crippen LogP contribution in [0.1, 0.15) is 32.8 Å². The number of hydrogen-bond acceptors (Lipinski definition) is 2. The zero-order valence-electron chi connectivity index (χ0n) is 10.8. The molecule has 0 aliphatic heterocycles. The fourth-order valence-corrected chi connectivity index (χ4v) is 2.01. The lowest BCUT2D eigenvalue weighted by Crippen LogP contribution is -2.34. The molecule has 1 atom stereocenters. The van der Waals surface area contributed by atoms with Crippen LogP contribution in [0.5, 0.6) is 0 Å². The van der Waals surface area contributed by atoms with Crippen LogP contribution in [0.25, 0.3) is 0 Å². The molecule has 1 unspecified atom stereocenters. The molecule has 0 aromatic heterocycles. The molecular weight excluding hydrogens is 254 g/mol. The molecule has 0 bridgehead atoms. The van der Waals surface area contributed by atoms with E-state index in [-0.39, 0.29) is 22.3 Å². The summed E-state index contributed by atoms with van der Waals surface area (Å²) in [5, 5.41) is 0. The van der Waals surface area contributed by atoms with Crippen molar-refractivity contribution in [3.8, 4) is 0 Å². The van der Waals surface area contributed by atoms with Gasteiger partial charge < -0.3 is 10.6 Å². The van der Waals surface area contributed by atoms with Crippen molar-refractivity contribution in [1.29, 1.82) is 0 Å². The summed E-state index contributed by atoms with van der Waals surface area (Å²) >= 11 is 4.72. The van der Waals surface area contributed by atoms with Gasteiger partial charge >= 0.3 is 0 Å². The molecule has 1 aromatic rings. The maximum atomic E-state index is 14.0. The van der Waals surface area contributed by atoms with Crippen LogP contribution in [0.15, 0.2) is 12.1 Å². The van der Waals surface area contributed by atoms with E-state index in [9.17, 15) is 8.78 Å². The predicted octanol–water partition coefficient (Wildman–Crippen LogP) is 3.22. The molecule has 100 valence electrons. The van der Waals surface area contributed by atoms with Crippen molar-refractivity contribution in [2.24, 2.45) is 5.73 Å². The quantitative estimate of drug-likeness (QED) is 0.834. The van der Waals surface area contributed by atoms with Crippen molar-refractivity contribution in [3.63, 3.8) is 0 Å². The van der Waals surface area contributed by atoms with Crippen LogP contribution in [-0.4, -0.2) is 17.6 Å². The molecule has 0 amide bonds. The van der Waals surface area contributed by atoms with Gasteiger partial charge in [0.15, 0.2) is 0 Å². The molecular formula is C13H18F2N2S. The van der Waals surface area contributed by atoms with Gasteiger partial charge in [-0.1, -0.05) is 19.1 Å². The molecule has 0 aliphatic rings. The highest BCUT2D eigenvalue weighted by Gasteiger charge is 2.20. The minimum Gasteiger partial charge on any atom is -0.389 e. The summed E-state index contributed by atoms with van der Waals surface area (Å²) < 4.78 is 28.0. The summed E-state index contributed by atoms with van der Waals surface area (Å²) in [6.07, 6.45) is 0.809. The highest BCUT2D eigenvalue weighted by atomic mass is 32.1. The third-order valence-corrected chi connectivity index (χ3v) is 3.29. The van der Waals surface area contributed by atoms with Crippen molar-refractivity contribution < 1.29 is 8.78 Å². The Morgan fingerprint density at radius 3 is 2.17 bits per heavy atom.